The third-order valence-corrected chi connectivity index (χ3v) is 4.48. The highest BCUT2D eigenvalue weighted by Crippen LogP contribution is 2.45. The van der Waals surface area contributed by atoms with E-state index in [1.165, 1.54) is 12.1 Å². The van der Waals surface area contributed by atoms with Crippen molar-refractivity contribution in [1.82, 2.24) is 0 Å². The summed E-state index contributed by atoms with van der Waals surface area (Å²) in [7, 11) is 0. The van der Waals surface area contributed by atoms with Crippen molar-refractivity contribution in [3.8, 4) is 5.75 Å². The summed E-state index contributed by atoms with van der Waals surface area (Å²) in [6, 6.07) is 11.4. The molecule has 0 aliphatic carbocycles. The second-order valence-electron chi connectivity index (χ2n) is 4.52. The van der Waals surface area contributed by atoms with Gasteiger partial charge in [-0.05, 0) is 12.1 Å². The Morgan fingerprint density at radius 2 is 1.95 bits per heavy atom. The first kappa shape index (κ1) is 12.6. The highest BCUT2D eigenvalue weighted by Gasteiger charge is 2.32. The molecule has 0 fully saturated rings. The van der Waals surface area contributed by atoms with Crippen LogP contribution in [0.25, 0.3) is 0 Å². The second-order valence-corrected chi connectivity index (χ2v) is 5.51. The maximum atomic E-state index is 13.8. The molecule has 3 rings (SSSR count). The molecule has 19 heavy (non-hydrogen) atoms. The van der Waals surface area contributed by atoms with Crippen LogP contribution in [-0.2, 0) is 0 Å². The molecule has 98 valence electrons. The van der Waals surface area contributed by atoms with Gasteiger partial charge in [-0.2, -0.15) is 0 Å². The maximum absolute atomic E-state index is 13.8. The molecule has 2 aromatic rings. The van der Waals surface area contributed by atoms with Gasteiger partial charge >= 0.3 is 0 Å². The van der Waals surface area contributed by atoms with E-state index < -0.39 is 11.6 Å². The molecule has 2 unspecified atom stereocenters. The van der Waals surface area contributed by atoms with Gasteiger partial charge in [-0.3, -0.25) is 0 Å². The van der Waals surface area contributed by atoms with Crippen molar-refractivity contribution in [1.29, 1.82) is 0 Å². The minimum atomic E-state index is -0.566. The van der Waals surface area contributed by atoms with E-state index in [4.69, 9.17) is 4.74 Å². The number of halogens is 3. The first-order valence-electron chi connectivity index (χ1n) is 5.97. The SMILES string of the molecule is Fc1ccc(C(Br)C2COc3ccccc32)c(F)c1. The zero-order valence-electron chi connectivity index (χ0n) is 9.95. The van der Waals surface area contributed by atoms with Crippen LogP contribution >= 0.6 is 15.9 Å². The Kier molecular flexibility index (Phi) is 3.27. The van der Waals surface area contributed by atoms with Gasteiger partial charge in [0.25, 0.3) is 0 Å². The number of alkyl halides is 1. The lowest BCUT2D eigenvalue weighted by molar-refractivity contribution is 0.328. The lowest BCUT2D eigenvalue weighted by atomic mass is 9.93. The van der Waals surface area contributed by atoms with E-state index in [1.807, 2.05) is 24.3 Å². The fourth-order valence-electron chi connectivity index (χ4n) is 2.37. The van der Waals surface area contributed by atoms with Crippen LogP contribution in [0.1, 0.15) is 21.9 Å². The number of hydrogen-bond acceptors (Lipinski definition) is 1. The number of para-hydroxylation sites is 1. The Balaban J connectivity index is 1.95. The molecule has 1 heterocycles. The summed E-state index contributed by atoms with van der Waals surface area (Å²) in [6.07, 6.45) is 0. The molecule has 0 radical (unpaired) electrons. The Hall–Kier alpha value is -1.42. The normalized spacial score (nSPS) is 18.8. The van der Waals surface area contributed by atoms with Gasteiger partial charge in [-0.1, -0.05) is 40.2 Å². The van der Waals surface area contributed by atoms with E-state index >= 15 is 0 Å². The van der Waals surface area contributed by atoms with Crippen LogP contribution in [0.4, 0.5) is 8.78 Å². The van der Waals surface area contributed by atoms with E-state index in [0.29, 0.717) is 12.2 Å². The highest BCUT2D eigenvalue weighted by molar-refractivity contribution is 9.09. The molecule has 4 heteroatoms. The van der Waals surface area contributed by atoms with Crippen molar-refractivity contribution >= 4 is 15.9 Å². The summed E-state index contributed by atoms with van der Waals surface area (Å²) in [6.45, 7) is 0.492. The van der Waals surface area contributed by atoms with Crippen molar-refractivity contribution in [3.63, 3.8) is 0 Å². The predicted molar refractivity (Wildman–Crippen MR) is 72.7 cm³/mol. The van der Waals surface area contributed by atoms with Gasteiger partial charge in [0.05, 0.1) is 11.4 Å². The first-order chi connectivity index (χ1) is 9.16. The van der Waals surface area contributed by atoms with E-state index in [-0.39, 0.29) is 10.7 Å². The van der Waals surface area contributed by atoms with Crippen LogP contribution in [0.15, 0.2) is 42.5 Å². The molecule has 0 aromatic heterocycles. The number of hydrogen-bond donors (Lipinski definition) is 0. The van der Waals surface area contributed by atoms with Crippen molar-refractivity contribution < 1.29 is 13.5 Å². The molecule has 2 aromatic carbocycles. The summed E-state index contributed by atoms with van der Waals surface area (Å²) in [5.41, 5.74) is 1.50. The van der Waals surface area contributed by atoms with E-state index in [1.54, 1.807) is 0 Å². The maximum Gasteiger partial charge on any atom is 0.130 e. The monoisotopic (exact) mass is 324 g/mol. The van der Waals surface area contributed by atoms with Gasteiger partial charge in [0.1, 0.15) is 17.4 Å². The third-order valence-electron chi connectivity index (χ3n) is 3.35. The van der Waals surface area contributed by atoms with Gasteiger partial charge in [-0.25, -0.2) is 8.78 Å². The number of fused-ring (bicyclic) bond motifs is 1. The Morgan fingerprint density at radius 1 is 1.16 bits per heavy atom. The van der Waals surface area contributed by atoms with Crippen molar-refractivity contribution in [2.45, 2.75) is 10.7 Å². The van der Waals surface area contributed by atoms with Crippen LogP contribution in [0.2, 0.25) is 0 Å². The minimum Gasteiger partial charge on any atom is -0.493 e. The van der Waals surface area contributed by atoms with Gasteiger partial charge in [0, 0.05) is 23.1 Å². The standard InChI is InChI=1S/C15H11BrF2O/c16-15(11-6-5-9(17)7-13(11)18)12-8-19-14-4-2-1-3-10(12)14/h1-7,12,15H,8H2. The van der Waals surface area contributed by atoms with Crippen molar-refractivity contribution in [3.05, 3.63) is 65.2 Å². The smallest absolute Gasteiger partial charge is 0.130 e. The lowest BCUT2D eigenvalue weighted by Gasteiger charge is -2.17. The lowest BCUT2D eigenvalue weighted by Crippen LogP contribution is -2.09. The van der Waals surface area contributed by atoms with E-state index in [2.05, 4.69) is 15.9 Å². The largest absolute Gasteiger partial charge is 0.493 e. The van der Waals surface area contributed by atoms with Gasteiger partial charge in [0.2, 0.25) is 0 Å². The van der Waals surface area contributed by atoms with Crippen LogP contribution < -0.4 is 4.74 Å². The zero-order valence-corrected chi connectivity index (χ0v) is 11.5. The van der Waals surface area contributed by atoms with Crippen LogP contribution in [0, 0.1) is 11.6 Å². The van der Waals surface area contributed by atoms with E-state index in [9.17, 15) is 8.78 Å². The quantitative estimate of drug-likeness (QED) is 0.735. The number of benzene rings is 2. The molecule has 0 saturated heterocycles. The number of ether oxygens (including phenoxy) is 1. The van der Waals surface area contributed by atoms with Gasteiger partial charge in [0.15, 0.2) is 0 Å². The zero-order chi connectivity index (χ0) is 13.4. The molecular weight excluding hydrogens is 314 g/mol. The summed E-state index contributed by atoms with van der Waals surface area (Å²) < 4.78 is 32.4. The van der Waals surface area contributed by atoms with Crippen LogP contribution in [0.5, 0.6) is 5.75 Å². The molecule has 0 spiro atoms. The fourth-order valence-corrected chi connectivity index (χ4v) is 3.18. The molecule has 1 aliphatic rings. The molecule has 0 amide bonds. The van der Waals surface area contributed by atoms with Gasteiger partial charge in [-0.15, -0.1) is 0 Å². The average molecular weight is 325 g/mol. The Morgan fingerprint density at radius 3 is 2.74 bits per heavy atom. The first-order valence-corrected chi connectivity index (χ1v) is 6.89. The molecule has 0 bridgehead atoms. The predicted octanol–water partition coefficient (Wildman–Crippen LogP) is 4.58. The molecule has 0 saturated carbocycles. The van der Waals surface area contributed by atoms with Crippen LogP contribution in [0.3, 0.4) is 0 Å². The summed E-state index contributed by atoms with van der Waals surface area (Å²) in [5, 5.41) is 0. The minimum absolute atomic E-state index is 0.0242. The van der Waals surface area contributed by atoms with Crippen LogP contribution in [-0.4, -0.2) is 6.61 Å². The Labute approximate surface area is 118 Å². The molecular formula is C15H11BrF2O. The summed E-state index contributed by atoms with van der Waals surface area (Å²) in [5.74, 6) is -0.245. The Bertz CT molecular complexity index is 615. The molecule has 0 N–H and O–H groups in total. The van der Waals surface area contributed by atoms with Gasteiger partial charge < -0.3 is 4.74 Å². The van der Waals surface area contributed by atoms with E-state index in [0.717, 1.165) is 17.4 Å². The highest BCUT2D eigenvalue weighted by atomic mass is 79.9. The topological polar surface area (TPSA) is 9.23 Å². The average Bonchev–Trinajstić information content (AvgIpc) is 2.82. The van der Waals surface area contributed by atoms with Crippen molar-refractivity contribution in [2.75, 3.05) is 6.61 Å². The van der Waals surface area contributed by atoms with Crippen molar-refractivity contribution in [2.24, 2.45) is 0 Å². The second kappa shape index (κ2) is 4.93. The molecule has 1 aliphatic heterocycles. The summed E-state index contributed by atoms with van der Waals surface area (Å²) in [4.78, 5) is -0.239. The number of rotatable bonds is 2. The fraction of sp³-hybridized carbons (Fsp3) is 0.200. The molecule has 2 atom stereocenters. The summed E-state index contributed by atoms with van der Waals surface area (Å²) >= 11 is 3.52. The third kappa shape index (κ3) is 2.25. The molecule has 1 nitrogen and oxygen atoms in total.